The van der Waals surface area contributed by atoms with Crippen molar-refractivity contribution in [2.45, 2.75) is 13.5 Å². The zero-order valence-corrected chi connectivity index (χ0v) is 15.5. The summed E-state index contributed by atoms with van der Waals surface area (Å²) in [6, 6.07) is 15.9. The molecule has 0 bridgehead atoms. The SMILES string of the molecule is Cc1ccccc1CN1C(=O)CSC1=NN=Cc1ccc(Br)cc1. The van der Waals surface area contributed by atoms with E-state index < -0.39 is 0 Å². The van der Waals surface area contributed by atoms with Gasteiger partial charge in [-0.1, -0.05) is 64.1 Å². The van der Waals surface area contributed by atoms with E-state index in [0.29, 0.717) is 17.5 Å². The van der Waals surface area contributed by atoms with Gasteiger partial charge in [0.25, 0.3) is 0 Å². The average Bonchev–Trinajstić information content (AvgIpc) is 2.92. The minimum Gasteiger partial charge on any atom is -0.285 e. The molecule has 24 heavy (non-hydrogen) atoms. The summed E-state index contributed by atoms with van der Waals surface area (Å²) in [5.41, 5.74) is 3.25. The van der Waals surface area contributed by atoms with E-state index >= 15 is 0 Å². The highest BCUT2D eigenvalue weighted by Crippen LogP contribution is 2.23. The first-order valence-electron chi connectivity index (χ1n) is 7.48. The second-order valence-electron chi connectivity index (χ2n) is 5.37. The van der Waals surface area contributed by atoms with Gasteiger partial charge in [-0.15, -0.1) is 5.10 Å². The van der Waals surface area contributed by atoms with Crippen LogP contribution < -0.4 is 0 Å². The van der Waals surface area contributed by atoms with Crippen molar-refractivity contribution in [2.75, 3.05) is 5.75 Å². The van der Waals surface area contributed by atoms with E-state index in [2.05, 4.69) is 26.1 Å². The van der Waals surface area contributed by atoms with Crippen molar-refractivity contribution in [3.63, 3.8) is 0 Å². The maximum atomic E-state index is 12.1. The van der Waals surface area contributed by atoms with Crippen molar-refractivity contribution in [3.8, 4) is 0 Å². The molecule has 2 aromatic rings. The molecule has 1 aliphatic rings. The normalized spacial score (nSPS) is 16.5. The molecule has 0 atom stereocenters. The van der Waals surface area contributed by atoms with Crippen LogP contribution >= 0.6 is 27.7 Å². The first-order chi connectivity index (χ1) is 11.6. The lowest BCUT2D eigenvalue weighted by Crippen LogP contribution is -2.29. The third kappa shape index (κ3) is 4.13. The van der Waals surface area contributed by atoms with Gasteiger partial charge in [-0.25, -0.2) is 0 Å². The Labute approximate surface area is 153 Å². The van der Waals surface area contributed by atoms with Crippen LogP contribution in [0.3, 0.4) is 0 Å². The number of hydrogen-bond acceptors (Lipinski definition) is 4. The number of amides is 1. The lowest BCUT2D eigenvalue weighted by molar-refractivity contribution is -0.124. The standard InChI is InChI=1S/C18H16BrN3OS/c1-13-4-2-3-5-15(13)11-22-17(23)12-24-18(22)21-20-10-14-6-8-16(19)9-7-14/h2-10H,11-12H2,1H3. The number of carbonyl (C=O) groups excluding carboxylic acids is 1. The van der Waals surface area contributed by atoms with Crippen LogP contribution in [0.4, 0.5) is 0 Å². The number of aryl methyl sites for hydroxylation is 1. The minimum absolute atomic E-state index is 0.0702. The molecule has 1 heterocycles. The fourth-order valence-corrected chi connectivity index (χ4v) is 3.38. The van der Waals surface area contributed by atoms with E-state index in [1.54, 1.807) is 11.1 Å². The van der Waals surface area contributed by atoms with Crippen molar-refractivity contribution >= 4 is 45.0 Å². The zero-order valence-electron chi connectivity index (χ0n) is 13.1. The zero-order chi connectivity index (χ0) is 16.9. The Morgan fingerprint density at radius 1 is 1.21 bits per heavy atom. The highest BCUT2D eigenvalue weighted by Gasteiger charge is 2.28. The molecular weight excluding hydrogens is 386 g/mol. The number of halogens is 1. The number of benzene rings is 2. The Balaban J connectivity index is 1.75. The molecule has 1 fully saturated rings. The van der Waals surface area contributed by atoms with Gasteiger partial charge in [0.1, 0.15) is 0 Å². The van der Waals surface area contributed by atoms with E-state index in [1.807, 2.05) is 55.5 Å². The molecule has 6 heteroatoms. The molecule has 0 aromatic heterocycles. The van der Waals surface area contributed by atoms with Crippen molar-refractivity contribution in [1.82, 2.24) is 4.90 Å². The lowest BCUT2D eigenvalue weighted by Gasteiger charge is -2.16. The Hall–Kier alpha value is -1.92. The van der Waals surface area contributed by atoms with Crippen LogP contribution in [0.1, 0.15) is 16.7 Å². The molecule has 2 aromatic carbocycles. The summed E-state index contributed by atoms with van der Waals surface area (Å²) in [4.78, 5) is 13.8. The van der Waals surface area contributed by atoms with Crippen LogP contribution in [-0.4, -0.2) is 27.9 Å². The van der Waals surface area contributed by atoms with Crippen LogP contribution in [0.5, 0.6) is 0 Å². The number of thioether (sulfide) groups is 1. The molecule has 4 nitrogen and oxygen atoms in total. The highest BCUT2D eigenvalue weighted by molar-refractivity contribution is 9.10. The van der Waals surface area contributed by atoms with Gasteiger partial charge in [0.05, 0.1) is 18.5 Å². The number of amidine groups is 1. The van der Waals surface area contributed by atoms with Gasteiger partial charge in [-0.2, -0.15) is 5.10 Å². The summed E-state index contributed by atoms with van der Waals surface area (Å²) in [6.07, 6.45) is 1.69. The molecule has 3 rings (SSSR count). The molecule has 0 spiro atoms. The third-order valence-electron chi connectivity index (χ3n) is 3.67. The molecule has 0 N–H and O–H groups in total. The molecule has 0 aliphatic carbocycles. The Morgan fingerprint density at radius 3 is 2.71 bits per heavy atom. The molecule has 1 amide bonds. The molecule has 122 valence electrons. The summed E-state index contributed by atoms with van der Waals surface area (Å²) in [5.74, 6) is 0.485. The first kappa shape index (κ1) is 16.9. The van der Waals surface area contributed by atoms with Gasteiger partial charge in [0.2, 0.25) is 5.91 Å². The highest BCUT2D eigenvalue weighted by atomic mass is 79.9. The van der Waals surface area contributed by atoms with Gasteiger partial charge in [-0.3, -0.25) is 9.69 Å². The van der Waals surface area contributed by atoms with Crippen LogP contribution in [-0.2, 0) is 11.3 Å². The fourth-order valence-electron chi connectivity index (χ4n) is 2.28. The van der Waals surface area contributed by atoms with Gasteiger partial charge < -0.3 is 0 Å². The average molecular weight is 402 g/mol. The molecule has 0 saturated carbocycles. The second kappa shape index (κ2) is 7.77. The van der Waals surface area contributed by atoms with E-state index in [1.165, 1.54) is 17.3 Å². The van der Waals surface area contributed by atoms with Crippen LogP contribution in [0, 0.1) is 6.92 Å². The van der Waals surface area contributed by atoms with E-state index in [-0.39, 0.29) is 5.91 Å². The fraction of sp³-hybridized carbons (Fsp3) is 0.167. The van der Waals surface area contributed by atoms with Crippen molar-refractivity contribution in [1.29, 1.82) is 0 Å². The van der Waals surface area contributed by atoms with E-state index in [4.69, 9.17) is 0 Å². The summed E-state index contributed by atoms with van der Waals surface area (Å²) >= 11 is 4.83. The molecular formula is C18H16BrN3OS. The number of nitrogens with zero attached hydrogens (tertiary/aromatic N) is 3. The van der Waals surface area contributed by atoms with Crippen molar-refractivity contribution < 1.29 is 4.79 Å². The third-order valence-corrected chi connectivity index (χ3v) is 5.15. The summed E-state index contributed by atoms with van der Waals surface area (Å²) in [6.45, 7) is 2.58. The second-order valence-corrected chi connectivity index (χ2v) is 7.23. The summed E-state index contributed by atoms with van der Waals surface area (Å²) in [5, 5.41) is 9.03. The lowest BCUT2D eigenvalue weighted by atomic mass is 10.1. The number of carbonyl (C=O) groups is 1. The summed E-state index contributed by atoms with van der Waals surface area (Å²) in [7, 11) is 0. The maximum Gasteiger partial charge on any atom is 0.239 e. The Kier molecular flexibility index (Phi) is 5.48. The van der Waals surface area contributed by atoms with Gasteiger partial charge in [-0.05, 0) is 35.7 Å². The van der Waals surface area contributed by atoms with Crippen LogP contribution in [0.2, 0.25) is 0 Å². The maximum absolute atomic E-state index is 12.1. The predicted molar refractivity (Wildman–Crippen MR) is 103 cm³/mol. The summed E-state index contributed by atoms with van der Waals surface area (Å²) < 4.78 is 1.02. The first-order valence-corrected chi connectivity index (χ1v) is 9.25. The van der Waals surface area contributed by atoms with Crippen LogP contribution in [0.25, 0.3) is 0 Å². The number of rotatable bonds is 4. The van der Waals surface area contributed by atoms with Gasteiger partial charge in [0, 0.05) is 4.47 Å². The van der Waals surface area contributed by atoms with Crippen LogP contribution in [0.15, 0.2) is 63.2 Å². The molecule has 0 radical (unpaired) electrons. The smallest absolute Gasteiger partial charge is 0.239 e. The quantitative estimate of drug-likeness (QED) is 0.568. The van der Waals surface area contributed by atoms with Crippen molar-refractivity contribution in [2.24, 2.45) is 10.2 Å². The van der Waals surface area contributed by atoms with Gasteiger partial charge >= 0.3 is 0 Å². The Bertz CT molecular complexity index is 802. The van der Waals surface area contributed by atoms with E-state index in [9.17, 15) is 4.79 Å². The Morgan fingerprint density at radius 2 is 1.96 bits per heavy atom. The molecule has 0 unspecified atom stereocenters. The predicted octanol–water partition coefficient (Wildman–Crippen LogP) is 4.22. The van der Waals surface area contributed by atoms with Crippen molar-refractivity contribution in [3.05, 3.63) is 69.7 Å². The molecule has 1 aliphatic heterocycles. The number of hydrogen-bond donors (Lipinski definition) is 0. The minimum atomic E-state index is 0.0702. The van der Waals surface area contributed by atoms with Gasteiger partial charge in [0.15, 0.2) is 5.17 Å². The largest absolute Gasteiger partial charge is 0.285 e. The van der Waals surface area contributed by atoms with E-state index in [0.717, 1.165) is 15.6 Å². The topological polar surface area (TPSA) is 45.0 Å². The monoisotopic (exact) mass is 401 g/mol. The molecule has 1 saturated heterocycles.